The fraction of sp³-hybridized carbons (Fsp3) is 0.579. The molecule has 0 aliphatic rings. The molecular weight excluding hydrogens is 344 g/mol. The van der Waals surface area contributed by atoms with Crippen molar-refractivity contribution in [2.45, 2.75) is 51.4 Å². The predicted octanol–water partition coefficient (Wildman–Crippen LogP) is 4.50. The van der Waals surface area contributed by atoms with Gasteiger partial charge in [-0.05, 0) is 37.1 Å². The molecule has 0 amide bonds. The van der Waals surface area contributed by atoms with Crippen LogP contribution in [0.1, 0.15) is 51.4 Å². The van der Waals surface area contributed by atoms with Crippen molar-refractivity contribution in [1.29, 1.82) is 0 Å². The van der Waals surface area contributed by atoms with Crippen molar-refractivity contribution in [3.05, 3.63) is 24.3 Å². The molecule has 1 aromatic rings. The highest BCUT2D eigenvalue weighted by atomic mass is 35.5. The van der Waals surface area contributed by atoms with Gasteiger partial charge in [-0.1, -0.05) is 25.7 Å². The third kappa shape index (κ3) is 10.7. The molecule has 0 fully saturated rings. The third-order valence-corrected chi connectivity index (χ3v) is 3.88. The number of carbonyl (C=O) groups excluding carboxylic acids is 2. The largest absolute Gasteiger partial charge is 0.497 e. The van der Waals surface area contributed by atoms with E-state index in [1.807, 2.05) is 0 Å². The number of benzene rings is 1. The first kappa shape index (κ1) is 21.3. The summed E-state index contributed by atoms with van der Waals surface area (Å²) in [5.74, 6) is 1.00. The van der Waals surface area contributed by atoms with Gasteiger partial charge >= 0.3 is 11.9 Å². The van der Waals surface area contributed by atoms with Crippen LogP contribution in [0.25, 0.3) is 0 Å². The Balaban J connectivity index is 2.05. The Labute approximate surface area is 154 Å². The van der Waals surface area contributed by atoms with Gasteiger partial charge in [-0.25, -0.2) is 0 Å². The van der Waals surface area contributed by atoms with E-state index in [1.54, 1.807) is 31.4 Å². The molecule has 0 saturated carbocycles. The maximum absolute atomic E-state index is 11.7. The van der Waals surface area contributed by atoms with E-state index >= 15 is 0 Å². The van der Waals surface area contributed by atoms with Crippen LogP contribution in [0.15, 0.2) is 24.3 Å². The van der Waals surface area contributed by atoms with Crippen molar-refractivity contribution in [2.24, 2.45) is 0 Å². The molecule has 5 nitrogen and oxygen atoms in total. The van der Waals surface area contributed by atoms with Crippen molar-refractivity contribution < 1.29 is 23.8 Å². The summed E-state index contributed by atoms with van der Waals surface area (Å²) in [5.41, 5.74) is 0. The maximum atomic E-state index is 11.7. The predicted molar refractivity (Wildman–Crippen MR) is 97.2 cm³/mol. The van der Waals surface area contributed by atoms with Gasteiger partial charge in [0.25, 0.3) is 0 Å². The number of halogens is 1. The lowest BCUT2D eigenvalue weighted by molar-refractivity contribution is -0.147. The Morgan fingerprint density at radius 1 is 0.840 bits per heavy atom. The molecule has 0 N–H and O–H groups in total. The fourth-order valence-corrected chi connectivity index (χ4v) is 2.38. The Morgan fingerprint density at radius 3 is 2.04 bits per heavy atom. The minimum absolute atomic E-state index is 0.00326. The summed E-state index contributed by atoms with van der Waals surface area (Å²) >= 11 is 5.61. The SMILES string of the molecule is COc1ccc(OC(=O)CCC(=O)OCCCCCCCCCl)cc1. The van der Waals surface area contributed by atoms with Gasteiger partial charge in [-0.3, -0.25) is 9.59 Å². The number of ether oxygens (including phenoxy) is 3. The molecule has 0 radical (unpaired) electrons. The number of methoxy groups -OCH3 is 1. The summed E-state index contributed by atoms with van der Waals surface area (Å²) in [6.07, 6.45) is 6.43. The molecule has 25 heavy (non-hydrogen) atoms. The number of alkyl halides is 1. The second kappa shape index (κ2) is 13.5. The van der Waals surface area contributed by atoms with Crippen LogP contribution in [-0.4, -0.2) is 31.5 Å². The number of hydrogen-bond acceptors (Lipinski definition) is 5. The first-order valence-corrected chi connectivity index (χ1v) is 9.25. The van der Waals surface area contributed by atoms with Crippen molar-refractivity contribution >= 4 is 23.5 Å². The summed E-state index contributed by atoms with van der Waals surface area (Å²) in [6.45, 7) is 0.405. The second-order valence-corrected chi connectivity index (χ2v) is 6.06. The van der Waals surface area contributed by atoms with Crippen LogP contribution in [0, 0.1) is 0 Å². The van der Waals surface area contributed by atoms with E-state index in [-0.39, 0.29) is 18.8 Å². The van der Waals surface area contributed by atoms with Crippen molar-refractivity contribution in [1.82, 2.24) is 0 Å². The van der Waals surface area contributed by atoms with Crippen LogP contribution >= 0.6 is 11.6 Å². The Kier molecular flexibility index (Phi) is 11.5. The molecule has 0 heterocycles. The number of carbonyl (C=O) groups is 2. The summed E-state index contributed by atoms with van der Waals surface area (Å²) in [7, 11) is 1.56. The van der Waals surface area contributed by atoms with E-state index in [9.17, 15) is 9.59 Å². The highest BCUT2D eigenvalue weighted by Gasteiger charge is 2.10. The Hall–Kier alpha value is -1.75. The molecular formula is C19H27ClO5. The molecule has 1 aromatic carbocycles. The van der Waals surface area contributed by atoms with Crippen LogP contribution in [-0.2, 0) is 14.3 Å². The van der Waals surface area contributed by atoms with Gasteiger partial charge < -0.3 is 14.2 Å². The van der Waals surface area contributed by atoms with E-state index in [0.717, 1.165) is 44.4 Å². The minimum atomic E-state index is -0.457. The molecule has 0 unspecified atom stereocenters. The minimum Gasteiger partial charge on any atom is -0.497 e. The first-order chi connectivity index (χ1) is 12.2. The van der Waals surface area contributed by atoms with Gasteiger partial charge in [0.2, 0.25) is 0 Å². The van der Waals surface area contributed by atoms with Gasteiger partial charge in [0.15, 0.2) is 0 Å². The molecule has 0 aliphatic carbocycles. The van der Waals surface area contributed by atoms with Crippen molar-refractivity contribution in [2.75, 3.05) is 19.6 Å². The van der Waals surface area contributed by atoms with Gasteiger partial charge in [0.1, 0.15) is 11.5 Å². The fourth-order valence-electron chi connectivity index (χ4n) is 2.19. The summed E-state index contributed by atoms with van der Waals surface area (Å²) in [6, 6.07) is 6.68. The number of rotatable bonds is 13. The van der Waals surface area contributed by atoms with E-state index in [1.165, 1.54) is 0 Å². The lowest BCUT2D eigenvalue weighted by atomic mass is 10.1. The lowest BCUT2D eigenvalue weighted by Crippen LogP contribution is -2.12. The van der Waals surface area contributed by atoms with Crippen LogP contribution in [0.3, 0.4) is 0 Å². The quantitative estimate of drug-likeness (QED) is 0.221. The average molecular weight is 371 g/mol. The first-order valence-electron chi connectivity index (χ1n) is 8.72. The molecule has 0 atom stereocenters. The molecule has 6 heteroatoms. The zero-order valence-electron chi connectivity index (χ0n) is 14.8. The smallest absolute Gasteiger partial charge is 0.311 e. The molecule has 0 saturated heterocycles. The highest BCUT2D eigenvalue weighted by Crippen LogP contribution is 2.17. The molecule has 0 spiro atoms. The summed E-state index contributed by atoms with van der Waals surface area (Å²) < 4.78 is 15.3. The van der Waals surface area contributed by atoms with Gasteiger partial charge in [-0.2, -0.15) is 0 Å². The second-order valence-electron chi connectivity index (χ2n) is 5.68. The zero-order valence-corrected chi connectivity index (χ0v) is 15.6. The Bertz CT molecular complexity index is 501. The monoisotopic (exact) mass is 370 g/mol. The Morgan fingerprint density at radius 2 is 1.40 bits per heavy atom. The number of hydrogen-bond donors (Lipinski definition) is 0. The molecule has 0 aromatic heterocycles. The van der Waals surface area contributed by atoms with E-state index in [2.05, 4.69) is 0 Å². The molecule has 0 bridgehead atoms. The zero-order chi connectivity index (χ0) is 18.3. The topological polar surface area (TPSA) is 61.8 Å². The van der Waals surface area contributed by atoms with Crippen molar-refractivity contribution in [3.63, 3.8) is 0 Å². The number of unbranched alkanes of at least 4 members (excludes halogenated alkanes) is 5. The molecule has 140 valence electrons. The van der Waals surface area contributed by atoms with Crippen molar-refractivity contribution in [3.8, 4) is 11.5 Å². The maximum Gasteiger partial charge on any atom is 0.311 e. The van der Waals surface area contributed by atoms with E-state index < -0.39 is 5.97 Å². The van der Waals surface area contributed by atoms with Crippen LogP contribution in [0.2, 0.25) is 0 Å². The van der Waals surface area contributed by atoms with Crippen LogP contribution in [0.4, 0.5) is 0 Å². The van der Waals surface area contributed by atoms with E-state index in [0.29, 0.717) is 18.1 Å². The summed E-state index contributed by atoms with van der Waals surface area (Å²) in [4.78, 5) is 23.3. The highest BCUT2D eigenvalue weighted by molar-refractivity contribution is 6.17. The van der Waals surface area contributed by atoms with Crippen LogP contribution in [0.5, 0.6) is 11.5 Å². The summed E-state index contributed by atoms with van der Waals surface area (Å²) in [5, 5.41) is 0. The normalized spacial score (nSPS) is 10.3. The molecule has 0 aliphatic heterocycles. The average Bonchev–Trinajstić information content (AvgIpc) is 2.63. The lowest BCUT2D eigenvalue weighted by Gasteiger charge is -2.06. The van der Waals surface area contributed by atoms with E-state index in [4.69, 9.17) is 25.8 Å². The van der Waals surface area contributed by atoms with Gasteiger partial charge in [-0.15, -0.1) is 11.6 Å². The van der Waals surface area contributed by atoms with Crippen LogP contribution < -0.4 is 9.47 Å². The van der Waals surface area contributed by atoms with Gasteiger partial charge in [0, 0.05) is 5.88 Å². The molecule has 1 rings (SSSR count). The third-order valence-electron chi connectivity index (χ3n) is 3.62. The standard InChI is InChI=1S/C19H27ClO5/c1-23-16-8-10-17(11-9-16)25-19(22)13-12-18(21)24-15-7-5-3-2-4-6-14-20/h8-11H,2-7,12-15H2,1H3. The number of esters is 2. The van der Waals surface area contributed by atoms with Gasteiger partial charge in [0.05, 0.1) is 26.6 Å².